The van der Waals surface area contributed by atoms with E-state index in [0.717, 1.165) is 11.9 Å². The van der Waals surface area contributed by atoms with Crippen molar-refractivity contribution in [2.45, 2.75) is 26.4 Å². The Kier molecular flexibility index (Phi) is 6.53. The third kappa shape index (κ3) is 6.05. The van der Waals surface area contributed by atoms with Gasteiger partial charge in [-0.3, -0.25) is 14.7 Å². The third-order valence-electron chi connectivity index (χ3n) is 4.50. The van der Waals surface area contributed by atoms with Gasteiger partial charge < -0.3 is 4.90 Å². The Labute approximate surface area is 150 Å². The summed E-state index contributed by atoms with van der Waals surface area (Å²) >= 11 is 0. The van der Waals surface area contributed by atoms with Gasteiger partial charge in [-0.05, 0) is 31.0 Å². The van der Waals surface area contributed by atoms with Crippen molar-refractivity contribution >= 4 is 15.9 Å². The monoisotopic (exact) mass is 368 g/mol. The molecular weight excluding hydrogens is 340 g/mol. The number of nitrogens with zero attached hydrogens (tertiary/aromatic N) is 3. The average Bonchev–Trinajstić information content (AvgIpc) is 2.90. The molecule has 0 bridgehead atoms. The number of pyridine rings is 1. The quantitative estimate of drug-likeness (QED) is 0.760. The third-order valence-corrected chi connectivity index (χ3v) is 5.23. The molecule has 0 spiro atoms. The van der Waals surface area contributed by atoms with Crippen LogP contribution in [-0.2, 0) is 21.4 Å². The second-order valence-electron chi connectivity index (χ2n) is 7.20. The molecule has 8 heteroatoms. The number of rotatable bonds is 7. The van der Waals surface area contributed by atoms with Crippen molar-refractivity contribution < 1.29 is 13.2 Å². The largest absolute Gasteiger partial charge is 0.340 e. The summed E-state index contributed by atoms with van der Waals surface area (Å²) in [4.78, 5) is 20.6. The van der Waals surface area contributed by atoms with Crippen molar-refractivity contribution in [3.63, 3.8) is 0 Å². The molecule has 1 N–H and O–H groups in total. The highest BCUT2D eigenvalue weighted by Crippen LogP contribution is 2.25. The summed E-state index contributed by atoms with van der Waals surface area (Å²) in [5, 5.41) is 0. The molecule has 7 nitrogen and oxygen atoms in total. The Hall–Kier alpha value is -1.51. The predicted octanol–water partition coefficient (Wildman–Crippen LogP) is 0.546. The van der Waals surface area contributed by atoms with Crippen LogP contribution in [0, 0.1) is 11.8 Å². The number of likely N-dealkylation sites (tertiary alicyclic amines) is 1. The lowest BCUT2D eigenvalue weighted by Gasteiger charge is -2.22. The summed E-state index contributed by atoms with van der Waals surface area (Å²) in [6, 6.07) is 5.49. The standard InChI is InChI=1S/C17H28N4O3S/c1-13(2)15-10-21(11-16(15)19-25(4,23)24)17(22)12-20(3)9-14-7-5-6-8-18-14/h5-8,13,15-16,19H,9-12H2,1-4H3/t15-,16+/m1/s1. The topological polar surface area (TPSA) is 82.6 Å². The Balaban J connectivity index is 1.95. The molecule has 1 saturated heterocycles. The van der Waals surface area contributed by atoms with Crippen LogP contribution in [0.3, 0.4) is 0 Å². The number of amides is 1. The fourth-order valence-electron chi connectivity index (χ4n) is 3.26. The Morgan fingerprint density at radius 1 is 1.40 bits per heavy atom. The number of carbonyl (C=O) groups excluding carboxylic acids is 1. The molecule has 1 aliphatic heterocycles. The van der Waals surface area contributed by atoms with E-state index in [4.69, 9.17) is 0 Å². The van der Waals surface area contributed by atoms with Crippen molar-refractivity contribution in [3.05, 3.63) is 30.1 Å². The Morgan fingerprint density at radius 3 is 2.68 bits per heavy atom. The lowest BCUT2D eigenvalue weighted by molar-refractivity contribution is -0.131. The number of likely N-dealkylation sites (N-methyl/N-ethyl adjacent to an activating group) is 1. The second-order valence-corrected chi connectivity index (χ2v) is 8.98. The zero-order chi connectivity index (χ0) is 18.6. The van der Waals surface area contributed by atoms with Crippen LogP contribution >= 0.6 is 0 Å². The van der Waals surface area contributed by atoms with Gasteiger partial charge in [0.05, 0.1) is 18.5 Å². The summed E-state index contributed by atoms with van der Waals surface area (Å²) < 4.78 is 25.8. The van der Waals surface area contributed by atoms with Crippen LogP contribution in [0.1, 0.15) is 19.5 Å². The highest BCUT2D eigenvalue weighted by atomic mass is 32.2. The van der Waals surface area contributed by atoms with Crippen molar-refractivity contribution in [1.82, 2.24) is 19.5 Å². The fraction of sp³-hybridized carbons (Fsp3) is 0.647. The van der Waals surface area contributed by atoms with E-state index in [9.17, 15) is 13.2 Å². The van der Waals surface area contributed by atoms with Crippen LogP contribution in [0.2, 0.25) is 0 Å². The number of nitrogens with one attached hydrogen (secondary N) is 1. The minimum atomic E-state index is -3.29. The molecule has 0 aliphatic carbocycles. The van der Waals surface area contributed by atoms with E-state index in [2.05, 4.69) is 23.6 Å². The van der Waals surface area contributed by atoms with Crippen molar-refractivity contribution in [2.24, 2.45) is 11.8 Å². The molecule has 0 saturated carbocycles. The number of sulfonamides is 1. The van der Waals surface area contributed by atoms with Crippen LogP contribution < -0.4 is 4.72 Å². The van der Waals surface area contributed by atoms with Gasteiger partial charge in [0.25, 0.3) is 0 Å². The molecule has 0 aromatic carbocycles. The van der Waals surface area contributed by atoms with Gasteiger partial charge in [0.1, 0.15) is 0 Å². The minimum absolute atomic E-state index is 0.0156. The zero-order valence-corrected chi connectivity index (χ0v) is 16.2. The van der Waals surface area contributed by atoms with E-state index in [0.29, 0.717) is 25.6 Å². The molecule has 2 rings (SSSR count). The van der Waals surface area contributed by atoms with Crippen LogP contribution in [-0.4, -0.2) is 68.1 Å². The van der Waals surface area contributed by atoms with Gasteiger partial charge in [-0.1, -0.05) is 19.9 Å². The number of carbonyl (C=O) groups is 1. The highest BCUT2D eigenvalue weighted by Gasteiger charge is 2.38. The van der Waals surface area contributed by atoms with Crippen LogP contribution in [0.4, 0.5) is 0 Å². The van der Waals surface area contributed by atoms with Gasteiger partial charge in [0, 0.05) is 31.9 Å². The van der Waals surface area contributed by atoms with Gasteiger partial charge in [0.2, 0.25) is 15.9 Å². The van der Waals surface area contributed by atoms with Crippen LogP contribution in [0.15, 0.2) is 24.4 Å². The molecule has 25 heavy (non-hydrogen) atoms. The van der Waals surface area contributed by atoms with Crippen molar-refractivity contribution in [1.29, 1.82) is 0 Å². The maximum atomic E-state index is 12.6. The Morgan fingerprint density at radius 2 is 2.12 bits per heavy atom. The average molecular weight is 369 g/mol. The van der Waals surface area contributed by atoms with Crippen LogP contribution in [0.5, 0.6) is 0 Å². The number of aromatic nitrogens is 1. The summed E-state index contributed by atoms with van der Waals surface area (Å²) in [7, 11) is -1.41. The molecule has 1 aromatic heterocycles. The smallest absolute Gasteiger partial charge is 0.236 e. The van der Waals surface area contributed by atoms with E-state index < -0.39 is 10.0 Å². The molecule has 0 radical (unpaired) electrons. The summed E-state index contributed by atoms with van der Waals surface area (Å²) in [5.74, 6) is 0.435. The maximum Gasteiger partial charge on any atom is 0.236 e. The van der Waals surface area contributed by atoms with E-state index in [-0.39, 0.29) is 24.4 Å². The first kappa shape index (κ1) is 19.8. The van der Waals surface area contributed by atoms with Crippen molar-refractivity contribution in [2.75, 3.05) is 32.9 Å². The summed E-state index contributed by atoms with van der Waals surface area (Å²) in [6.07, 6.45) is 2.90. The zero-order valence-electron chi connectivity index (χ0n) is 15.3. The van der Waals surface area contributed by atoms with Gasteiger partial charge >= 0.3 is 0 Å². The van der Waals surface area contributed by atoms with Gasteiger partial charge in [0.15, 0.2) is 0 Å². The predicted molar refractivity (Wildman–Crippen MR) is 97.2 cm³/mol. The first-order chi connectivity index (χ1) is 11.7. The van der Waals surface area contributed by atoms with E-state index in [1.165, 1.54) is 0 Å². The minimum Gasteiger partial charge on any atom is -0.340 e. The van der Waals surface area contributed by atoms with Gasteiger partial charge in [-0.25, -0.2) is 13.1 Å². The molecular formula is C17H28N4O3S. The second kappa shape index (κ2) is 8.25. The lowest BCUT2D eigenvalue weighted by atomic mass is 9.92. The van der Waals surface area contributed by atoms with Crippen LogP contribution in [0.25, 0.3) is 0 Å². The van der Waals surface area contributed by atoms with Gasteiger partial charge in [-0.2, -0.15) is 0 Å². The van der Waals surface area contributed by atoms with E-state index >= 15 is 0 Å². The molecule has 2 heterocycles. The molecule has 2 atom stereocenters. The number of hydrogen-bond acceptors (Lipinski definition) is 5. The molecule has 0 unspecified atom stereocenters. The van der Waals surface area contributed by atoms with Crippen molar-refractivity contribution in [3.8, 4) is 0 Å². The van der Waals surface area contributed by atoms with E-state index in [1.54, 1.807) is 11.1 Å². The molecule has 1 aliphatic rings. The molecule has 1 amide bonds. The summed E-state index contributed by atoms with van der Waals surface area (Å²) in [6.45, 7) is 6.00. The number of hydrogen-bond donors (Lipinski definition) is 1. The fourth-order valence-corrected chi connectivity index (χ4v) is 4.06. The van der Waals surface area contributed by atoms with Gasteiger partial charge in [-0.15, -0.1) is 0 Å². The maximum absolute atomic E-state index is 12.6. The van der Waals surface area contributed by atoms with E-state index in [1.807, 2.05) is 30.1 Å². The normalized spacial score (nSPS) is 21.3. The molecule has 1 aromatic rings. The first-order valence-corrected chi connectivity index (χ1v) is 10.4. The Bertz CT molecular complexity index is 678. The molecule has 1 fully saturated rings. The lowest BCUT2D eigenvalue weighted by Crippen LogP contribution is -2.42. The summed E-state index contributed by atoms with van der Waals surface area (Å²) in [5.41, 5.74) is 0.913. The highest BCUT2D eigenvalue weighted by molar-refractivity contribution is 7.88. The molecule has 140 valence electrons. The first-order valence-electron chi connectivity index (χ1n) is 8.49. The SMILES string of the molecule is CC(C)[C@H]1CN(C(=O)CN(C)Cc2ccccn2)C[C@@H]1NS(C)(=O)=O.